The van der Waals surface area contributed by atoms with Crippen LogP contribution in [-0.2, 0) is 0 Å². The van der Waals surface area contributed by atoms with Crippen molar-refractivity contribution in [1.82, 2.24) is 0 Å². The van der Waals surface area contributed by atoms with E-state index in [2.05, 4.69) is 41.7 Å². The normalized spacial score (nSPS) is 12.7. The first-order valence-corrected chi connectivity index (χ1v) is 4.25. The predicted octanol–water partition coefficient (Wildman–Crippen LogP) is 3.46. The van der Waals surface area contributed by atoms with Crippen LogP contribution in [0.3, 0.4) is 0 Å². The first-order chi connectivity index (χ1) is 4.41. The zero-order valence-electron chi connectivity index (χ0n) is 5.55. The monoisotopic (exact) mass is 234 g/mol. The third-order valence-electron chi connectivity index (χ3n) is 0.778. The minimum Gasteiger partial charge on any atom is -0.0848 e. The van der Waals surface area contributed by atoms with Crippen LogP contribution in [0.1, 0.15) is 13.3 Å². The molecule has 0 aliphatic heterocycles. The van der Waals surface area contributed by atoms with E-state index < -0.39 is 0 Å². The van der Waals surface area contributed by atoms with E-state index in [4.69, 9.17) is 0 Å². The Balaban J connectivity index is 3.35. The zero-order valence-corrected chi connectivity index (χ0v) is 7.71. The van der Waals surface area contributed by atoms with E-state index in [0.717, 1.165) is 6.42 Å². The molecule has 9 heavy (non-hydrogen) atoms. The summed E-state index contributed by atoms with van der Waals surface area (Å²) >= 11 is 2.19. The third kappa shape index (κ3) is 7.95. The molecule has 0 amide bonds. The second kappa shape index (κ2) is 7.95. The van der Waals surface area contributed by atoms with Crippen molar-refractivity contribution >= 4 is 22.6 Å². The number of hydrogen-bond donors (Lipinski definition) is 0. The van der Waals surface area contributed by atoms with Gasteiger partial charge in [0.2, 0.25) is 0 Å². The molecule has 0 radical (unpaired) electrons. The van der Waals surface area contributed by atoms with Crippen molar-refractivity contribution in [1.29, 1.82) is 0 Å². The van der Waals surface area contributed by atoms with Crippen LogP contribution in [0.2, 0.25) is 0 Å². The fourth-order valence-corrected chi connectivity index (χ4v) is 0.625. The van der Waals surface area contributed by atoms with Gasteiger partial charge in [0.25, 0.3) is 0 Å². The topological polar surface area (TPSA) is 0 Å². The third-order valence-corrected chi connectivity index (χ3v) is 1.19. The van der Waals surface area contributed by atoms with E-state index >= 15 is 0 Å². The lowest BCUT2D eigenvalue weighted by molar-refractivity contribution is 1.22. The molecule has 0 saturated heterocycles. The molecule has 0 aliphatic rings. The Hall–Kier alpha value is -0.0500. The maximum atomic E-state index is 2.19. The molecule has 50 valence electrons. The smallest absolute Gasteiger partial charge is 0.0234 e. The molecular formula is C8H11I. The second-order valence-corrected chi connectivity index (χ2v) is 2.26. The minimum absolute atomic E-state index is 1.11. The summed E-state index contributed by atoms with van der Waals surface area (Å²) in [6.45, 7) is 2.12. The van der Waals surface area contributed by atoms with Gasteiger partial charge in [-0.3, -0.25) is 0 Å². The predicted molar refractivity (Wildman–Crippen MR) is 51.7 cm³/mol. The van der Waals surface area contributed by atoms with Crippen LogP contribution in [0.25, 0.3) is 0 Å². The largest absolute Gasteiger partial charge is 0.0848 e. The molecule has 0 heterocycles. The number of hydrogen-bond acceptors (Lipinski definition) is 0. The molecule has 0 spiro atoms. The molecule has 0 aliphatic carbocycles. The second-order valence-electron chi connectivity index (χ2n) is 1.54. The first-order valence-electron chi connectivity index (χ1n) is 3.00. The molecule has 0 nitrogen and oxygen atoms in total. The summed E-state index contributed by atoms with van der Waals surface area (Å²) in [5, 5.41) is 0. The van der Waals surface area contributed by atoms with Crippen LogP contribution in [-0.4, -0.2) is 0 Å². The van der Waals surface area contributed by atoms with Crippen LogP contribution in [0.4, 0.5) is 0 Å². The van der Waals surface area contributed by atoms with Gasteiger partial charge in [-0.2, -0.15) is 0 Å². The Kier molecular flexibility index (Phi) is 7.91. The SMILES string of the molecule is CC/C=C/C=C\C=C/I. The number of halogens is 1. The van der Waals surface area contributed by atoms with Crippen molar-refractivity contribution in [2.75, 3.05) is 0 Å². The van der Waals surface area contributed by atoms with E-state index in [1.54, 1.807) is 0 Å². The van der Waals surface area contributed by atoms with Crippen molar-refractivity contribution in [3.05, 3.63) is 34.5 Å². The zero-order chi connectivity index (χ0) is 6.95. The summed E-state index contributed by atoms with van der Waals surface area (Å²) in [5.41, 5.74) is 0. The molecule has 1 heteroatoms. The maximum Gasteiger partial charge on any atom is -0.0234 e. The van der Waals surface area contributed by atoms with Crippen LogP contribution < -0.4 is 0 Å². The molecule has 0 saturated carbocycles. The van der Waals surface area contributed by atoms with Crippen molar-refractivity contribution in [2.24, 2.45) is 0 Å². The Morgan fingerprint density at radius 3 is 2.33 bits per heavy atom. The Morgan fingerprint density at radius 2 is 1.78 bits per heavy atom. The van der Waals surface area contributed by atoms with Gasteiger partial charge in [0.1, 0.15) is 0 Å². The summed E-state index contributed by atoms with van der Waals surface area (Å²) in [4.78, 5) is 0. The van der Waals surface area contributed by atoms with Crippen LogP contribution in [0, 0.1) is 0 Å². The summed E-state index contributed by atoms with van der Waals surface area (Å²) in [6, 6.07) is 0. The van der Waals surface area contributed by atoms with Crippen molar-refractivity contribution in [3.63, 3.8) is 0 Å². The van der Waals surface area contributed by atoms with Gasteiger partial charge in [0, 0.05) is 0 Å². The van der Waals surface area contributed by atoms with E-state index in [0.29, 0.717) is 0 Å². The average Bonchev–Trinajstić information content (AvgIpc) is 1.89. The quantitative estimate of drug-likeness (QED) is 0.518. The Morgan fingerprint density at radius 1 is 1.11 bits per heavy atom. The van der Waals surface area contributed by atoms with E-state index in [1.165, 1.54) is 0 Å². The summed E-state index contributed by atoms with van der Waals surface area (Å²) in [5.74, 6) is 0. The van der Waals surface area contributed by atoms with Crippen LogP contribution in [0.5, 0.6) is 0 Å². The molecule has 0 fully saturated rings. The molecule has 0 aromatic rings. The minimum atomic E-state index is 1.11. The Labute approximate surface area is 70.5 Å². The van der Waals surface area contributed by atoms with E-state index in [-0.39, 0.29) is 0 Å². The fourth-order valence-electron chi connectivity index (χ4n) is 0.385. The fraction of sp³-hybridized carbons (Fsp3) is 0.250. The molecule has 0 atom stereocenters. The molecule has 0 aromatic carbocycles. The highest BCUT2D eigenvalue weighted by molar-refractivity contribution is 14.1. The van der Waals surface area contributed by atoms with Crippen molar-refractivity contribution in [3.8, 4) is 0 Å². The molecule has 0 rings (SSSR count). The summed E-state index contributed by atoms with van der Waals surface area (Å²) in [6.07, 6.45) is 11.3. The highest BCUT2D eigenvalue weighted by Gasteiger charge is 1.60. The van der Waals surface area contributed by atoms with Gasteiger partial charge in [-0.25, -0.2) is 0 Å². The summed E-state index contributed by atoms with van der Waals surface area (Å²) in [7, 11) is 0. The molecule has 0 N–H and O–H groups in total. The van der Waals surface area contributed by atoms with Gasteiger partial charge in [-0.05, 0) is 10.5 Å². The van der Waals surface area contributed by atoms with Gasteiger partial charge in [0.05, 0.1) is 0 Å². The van der Waals surface area contributed by atoms with Gasteiger partial charge in [-0.15, -0.1) is 0 Å². The van der Waals surface area contributed by atoms with Crippen LogP contribution in [0.15, 0.2) is 34.5 Å². The highest BCUT2D eigenvalue weighted by atomic mass is 127. The maximum absolute atomic E-state index is 2.19. The van der Waals surface area contributed by atoms with Crippen molar-refractivity contribution in [2.45, 2.75) is 13.3 Å². The first kappa shape index (κ1) is 8.95. The standard InChI is InChI=1S/C8H11I/c1-2-3-4-5-6-7-8-9/h3-8H,2H2,1H3/b4-3+,6-5-,8-7-. The molecule has 0 unspecified atom stereocenters. The van der Waals surface area contributed by atoms with Gasteiger partial charge in [0.15, 0.2) is 0 Å². The Bertz CT molecular complexity index is 121. The lowest BCUT2D eigenvalue weighted by Crippen LogP contribution is -1.50. The number of rotatable bonds is 3. The lowest BCUT2D eigenvalue weighted by atomic mass is 10.4. The van der Waals surface area contributed by atoms with E-state index in [1.807, 2.05) is 22.3 Å². The van der Waals surface area contributed by atoms with Gasteiger partial charge in [-0.1, -0.05) is 59.9 Å². The van der Waals surface area contributed by atoms with Gasteiger partial charge < -0.3 is 0 Å². The molecule has 0 aromatic heterocycles. The molecule has 0 bridgehead atoms. The van der Waals surface area contributed by atoms with E-state index in [9.17, 15) is 0 Å². The average molecular weight is 234 g/mol. The lowest BCUT2D eigenvalue weighted by Gasteiger charge is -1.72. The number of allylic oxidation sites excluding steroid dienone is 5. The van der Waals surface area contributed by atoms with Gasteiger partial charge >= 0.3 is 0 Å². The highest BCUT2D eigenvalue weighted by Crippen LogP contribution is 1.86. The van der Waals surface area contributed by atoms with Crippen molar-refractivity contribution < 1.29 is 0 Å². The summed E-state index contributed by atoms with van der Waals surface area (Å²) < 4.78 is 1.98. The van der Waals surface area contributed by atoms with Crippen LogP contribution >= 0.6 is 22.6 Å². The molecular weight excluding hydrogens is 223 g/mol.